The first-order valence-electron chi connectivity index (χ1n) is 14.0. The van der Waals surface area contributed by atoms with Crippen molar-refractivity contribution in [3.05, 3.63) is 94.6 Å². The van der Waals surface area contributed by atoms with Crippen LogP contribution >= 0.6 is 0 Å². The molecule has 41 heavy (non-hydrogen) atoms. The van der Waals surface area contributed by atoms with Crippen LogP contribution in [0.15, 0.2) is 72.3 Å². The first-order valence-corrected chi connectivity index (χ1v) is 14.0. The van der Waals surface area contributed by atoms with Crippen molar-refractivity contribution in [3.8, 4) is 11.5 Å². The number of carbonyl (C=O) groups excluding carboxylic acids is 2. The molecule has 1 aliphatic heterocycles. The molecule has 0 saturated carbocycles. The number of hydrogen-bond donors (Lipinski definition) is 1. The number of Topliss-reactive ketones (excluding diaryl/α,β-unsaturated/α-hetero) is 1. The standard InChI is InChI=1S/C35H41NO5/c1-21(2)41-26-17-15-25(16-18-26)36-30(22-10-12-23(13-11-22)34(3,4)5)29(32(38)33(36)39)31(37)27-20-24(35(6,7)8)14-19-28(27)40-9/h10-21,30,37H,1-9H3/b31-29+. The zero-order valence-corrected chi connectivity index (χ0v) is 25.5. The van der Waals surface area contributed by atoms with E-state index in [4.69, 9.17) is 9.47 Å². The number of aliphatic hydroxyl groups is 1. The van der Waals surface area contributed by atoms with Gasteiger partial charge in [0.1, 0.15) is 17.3 Å². The van der Waals surface area contributed by atoms with Gasteiger partial charge in [-0.15, -0.1) is 0 Å². The molecule has 0 aliphatic carbocycles. The van der Waals surface area contributed by atoms with E-state index in [1.165, 1.54) is 12.0 Å². The highest BCUT2D eigenvalue weighted by Gasteiger charge is 2.47. The molecule has 4 rings (SSSR count). The van der Waals surface area contributed by atoms with Crippen molar-refractivity contribution < 1.29 is 24.2 Å². The Morgan fingerprint density at radius 1 is 0.829 bits per heavy atom. The topological polar surface area (TPSA) is 76.1 Å². The van der Waals surface area contributed by atoms with Gasteiger partial charge >= 0.3 is 0 Å². The molecule has 0 spiro atoms. The van der Waals surface area contributed by atoms with Crippen molar-refractivity contribution in [2.45, 2.75) is 78.4 Å². The zero-order chi connectivity index (χ0) is 30.3. The lowest BCUT2D eigenvalue weighted by molar-refractivity contribution is -0.132. The second kappa shape index (κ2) is 11.1. The maximum Gasteiger partial charge on any atom is 0.300 e. The van der Waals surface area contributed by atoms with Crippen LogP contribution in [-0.4, -0.2) is 30.0 Å². The van der Waals surface area contributed by atoms with Crippen LogP contribution in [0.2, 0.25) is 0 Å². The third kappa shape index (κ3) is 6.02. The van der Waals surface area contributed by atoms with Crippen LogP contribution in [0, 0.1) is 0 Å². The van der Waals surface area contributed by atoms with Crippen molar-refractivity contribution in [1.82, 2.24) is 0 Å². The number of ether oxygens (including phenoxy) is 2. The van der Waals surface area contributed by atoms with Crippen molar-refractivity contribution in [3.63, 3.8) is 0 Å². The fourth-order valence-electron chi connectivity index (χ4n) is 5.04. The van der Waals surface area contributed by atoms with Crippen molar-refractivity contribution in [2.75, 3.05) is 12.0 Å². The Bertz CT molecular complexity index is 1470. The SMILES string of the molecule is COc1ccc(C(C)(C)C)cc1/C(O)=C1\C(=O)C(=O)N(c2ccc(OC(C)C)cc2)C1c1ccc(C(C)(C)C)cc1. The largest absolute Gasteiger partial charge is 0.507 e. The first-order chi connectivity index (χ1) is 19.1. The van der Waals surface area contributed by atoms with Gasteiger partial charge in [-0.1, -0.05) is 71.9 Å². The van der Waals surface area contributed by atoms with E-state index >= 15 is 0 Å². The first kappa shape index (κ1) is 29.9. The van der Waals surface area contributed by atoms with Gasteiger partial charge in [-0.05, 0) is 77.8 Å². The molecule has 6 nitrogen and oxygen atoms in total. The highest BCUT2D eigenvalue weighted by Crippen LogP contribution is 2.44. The minimum absolute atomic E-state index is 0.00440. The molecule has 1 atom stereocenters. The van der Waals surface area contributed by atoms with E-state index in [1.807, 2.05) is 50.2 Å². The molecule has 0 bridgehead atoms. The molecule has 216 valence electrons. The third-order valence-corrected chi connectivity index (χ3v) is 7.34. The minimum Gasteiger partial charge on any atom is -0.507 e. The molecule has 1 heterocycles. The quantitative estimate of drug-likeness (QED) is 0.192. The van der Waals surface area contributed by atoms with Crippen molar-refractivity contribution in [2.24, 2.45) is 0 Å². The fraction of sp³-hybridized carbons (Fsp3) is 0.371. The number of carbonyl (C=O) groups is 2. The lowest BCUT2D eigenvalue weighted by Gasteiger charge is -2.27. The third-order valence-electron chi connectivity index (χ3n) is 7.34. The highest BCUT2D eigenvalue weighted by molar-refractivity contribution is 6.51. The van der Waals surface area contributed by atoms with Crippen LogP contribution in [-0.2, 0) is 20.4 Å². The molecule has 1 aliphatic rings. The van der Waals surface area contributed by atoms with Crippen molar-refractivity contribution in [1.29, 1.82) is 0 Å². The summed E-state index contributed by atoms with van der Waals surface area (Å²) in [5, 5.41) is 11.8. The van der Waals surface area contributed by atoms with Gasteiger partial charge in [0.15, 0.2) is 0 Å². The van der Waals surface area contributed by atoms with Gasteiger partial charge in [0.05, 0.1) is 30.4 Å². The molecule has 3 aromatic carbocycles. The summed E-state index contributed by atoms with van der Waals surface area (Å²) in [7, 11) is 1.52. The fourth-order valence-corrected chi connectivity index (χ4v) is 5.04. The van der Waals surface area contributed by atoms with Gasteiger partial charge in [0.25, 0.3) is 11.7 Å². The summed E-state index contributed by atoms with van der Waals surface area (Å²) in [6.45, 7) is 16.5. The summed E-state index contributed by atoms with van der Waals surface area (Å²) in [4.78, 5) is 28.9. The van der Waals surface area contributed by atoms with E-state index in [1.54, 1.807) is 30.3 Å². The number of benzene rings is 3. The number of hydrogen-bond acceptors (Lipinski definition) is 5. The van der Waals surface area contributed by atoms with Gasteiger partial charge in [-0.2, -0.15) is 0 Å². The molecule has 0 aromatic heterocycles. The number of aliphatic hydroxyl groups excluding tert-OH is 1. The predicted octanol–water partition coefficient (Wildman–Crippen LogP) is 7.70. The Hall–Kier alpha value is -4.06. The van der Waals surface area contributed by atoms with Crippen LogP contribution in [0.4, 0.5) is 5.69 Å². The van der Waals surface area contributed by atoms with Crippen LogP contribution in [0.5, 0.6) is 11.5 Å². The van der Waals surface area contributed by atoms with Crippen LogP contribution in [0.25, 0.3) is 5.76 Å². The van der Waals surface area contributed by atoms with E-state index < -0.39 is 17.7 Å². The molecule has 1 fully saturated rings. The Balaban J connectivity index is 1.94. The van der Waals surface area contributed by atoms with E-state index in [9.17, 15) is 14.7 Å². The van der Waals surface area contributed by atoms with Gasteiger partial charge in [-0.3, -0.25) is 14.5 Å². The summed E-state index contributed by atoms with van der Waals surface area (Å²) < 4.78 is 11.4. The average molecular weight is 556 g/mol. The van der Waals surface area contributed by atoms with Crippen LogP contribution in [0.1, 0.15) is 83.7 Å². The normalized spacial score (nSPS) is 17.3. The highest BCUT2D eigenvalue weighted by atomic mass is 16.5. The summed E-state index contributed by atoms with van der Waals surface area (Å²) >= 11 is 0. The smallest absolute Gasteiger partial charge is 0.300 e. The average Bonchev–Trinajstić information content (AvgIpc) is 3.17. The van der Waals surface area contributed by atoms with Crippen molar-refractivity contribution >= 4 is 23.1 Å². The van der Waals surface area contributed by atoms with Crippen LogP contribution < -0.4 is 14.4 Å². The molecule has 3 aromatic rings. The lowest BCUT2D eigenvalue weighted by atomic mass is 9.84. The summed E-state index contributed by atoms with van der Waals surface area (Å²) in [5.41, 5.74) is 3.42. The molecule has 1 N–H and O–H groups in total. The Morgan fingerprint density at radius 3 is 1.90 bits per heavy atom. The molecular formula is C35H41NO5. The van der Waals surface area contributed by atoms with Gasteiger partial charge in [0, 0.05) is 5.69 Å². The molecule has 1 amide bonds. The summed E-state index contributed by atoms with van der Waals surface area (Å²) in [6, 6.07) is 19.7. The second-order valence-corrected chi connectivity index (χ2v) is 12.9. The Morgan fingerprint density at radius 2 is 1.39 bits per heavy atom. The molecule has 6 heteroatoms. The summed E-state index contributed by atoms with van der Waals surface area (Å²) in [6.07, 6.45) is -0.00440. The lowest BCUT2D eigenvalue weighted by Crippen LogP contribution is -2.29. The predicted molar refractivity (Wildman–Crippen MR) is 164 cm³/mol. The van der Waals surface area contributed by atoms with Crippen LogP contribution in [0.3, 0.4) is 0 Å². The number of methoxy groups -OCH3 is 1. The number of nitrogens with zero attached hydrogens (tertiary/aromatic N) is 1. The Kier molecular flexibility index (Phi) is 8.08. The number of rotatable bonds is 6. The van der Waals surface area contributed by atoms with Gasteiger partial charge < -0.3 is 14.6 Å². The molecule has 0 radical (unpaired) electrons. The number of anilines is 1. The van der Waals surface area contributed by atoms with Gasteiger partial charge in [0.2, 0.25) is 0 Å². The van der Waals surface area contributed by atoms with E-state index in [-0.39, 0.29) is 28.3 Å². The second-order valence-electron chi connectivity index (χ2n) is 12.9. The molecule has 1 unspecified atom stereocenters. The number of ketones is 1. The Labute approximate surface area is 243 Å². The van der Waals surface area contributed by atoms with Gasteiger partial charge in [-0.25, -0.2) is 0 Å². The zero-order valence-electron chi connectivity index (χ0n) is 25.5. The molecular weight excluding hydrogens is 514 g/mol. The number of amides is 1. The van der Waals surface area contributed by atoms with E-state index in [0.29, 0.717) is 28.3 Å². The van der Waals surface area contributed by atoms with E-state index in [2.05, 4.69) is 41.5 Å². The van der Waals surface area contributed by atoms with E-state index in [0.717, 1.165) is 11.1 Å². The minimum atomic E-state index is -0.844. The monoisotopic (exact) mass is 555 g/mol. The maximum absolute atomic E-state index is 13.7. The maximum atomic E-state index is 13.7. The molecule has 1 saturated heterocycles. The summed E-state index contributed by atoms with van der Waals surface area (Å²) in [5.74, 6) is -0.648.